The fraction of sp³-hybridized carbons (Fsp3) is 0.385. The van der Waals surface area contributed by atoms with Crippen molar-refractivity contribution in [1.82, 2.24) is 0 Å². The number of nitrogens with two attached hydrogens (primary N) is 2. The van der Waals surface area contributed by atoms with Crippen LogP contribution < -0.4 is 16.8 Å². The van der Waals surface area contributed by atoms with Crippen LogP contribution in [0.2, 0.25) is 0 Å². The number of hydrogen-bond donors (Lipinski definition) is 3. The van der Waals surface area contributed by atoms with Gasteiger partial charge in [0.2, 0.25) is 11.8 Å². The van der Waals surface area contributed by atoms with Crippen molar-refractivity contribution in [3.8, 4) is 0 Å². The van der Waals surface area contributed by atoms with E-state index < -0.39 is 5.91 Å². The Labute approximate surface area is 119 Å². The number of anilines is 1. The van der Waals surface area contributed by atoms with Gasteiger partial charge in [-0.2, -0.15) is 0 Å². The summed E-state index contributed by atoms with van der Waals surface area (Å²) < 4.78 is 0. The normalized spacial score (nSPS) is 13.1. The summed E-state index contributed by atoms with van der Waals surface area (Å²) in [6.07, 6.45) is 0. The fourth-order valence-electron chi connectivity index (χ4n) is 1.40. The van der Waals surface area contributed by atoms with Gasteiger partial charge in [-0.15, -0.1) is 12.4 Å². The molecular formula is C13H20ClN3O2. The first-order chi connectivity index (χ1) is 8.32. The van der Waals surface area contributed by atoms with Gasteiger partial charge in [-0.25, -0.2) is 0 Å². The molecule has 0 saturated heterocycles. The molecule has 2 amide bonds. The second-order valence-electron chi connectivity index (χ2n) is 4.53. The van der Waals surface area contributed by atoms with Gasteiger partial charge in [0.1, 0.15) is 0 Å². The van der Waals surface area contributed by atoms with Crippen LogP contribution in [0.1, 0.15) is 29.8 Å². The number of carbonyl (C=O) groups excluding carboxylic acids is 2. The minimum Gasteiger partial charge on any atom is -0.366 e. The topological polar surface area (TPSA) is 98.2 Å². The van der Waals surface area contributed by atoms with E-state index in [4.69, 9.17) is 11.5 Å². The molecule has 0 bridgehead atoms. The standard InChI is InChI=1S/C13H19N3O2.ClH/c1-7-4-5-10(12(15)17)6-11(7)16-13(18)8(2)9(3)14;/h4-6,8-9H,14H2,1-3H3,(H2,15,17)(H,16,18);1H. The molecule has 0 saturated carbocycles. The van der Waals surface area contributed by atoms with Crippen LogP contribution in [0, 0.1) is 12.8 Å². The summed E-state index contributed by atoms with van der Waals surface area (Å²) in [5, 5.41) is 2.76. The Hall–Kier alpha value is -1.59. The molecule has 1 aromatic rings. The number of rotatable bonds is 4. The lowest BCUT2D eigenvalue weighted by Crippen LogP contribution is -2.34. The van der Waals surface area contributed by atoms with E-state index in [9.17, 15) is 9.59 Å². The fourth-order valence-corrected chi connectivity index (χ4v) is 1.40. The zero-order chi connectivity index (χ0) is 13.9. The summed E-state index contributed by atoms with van der Waals surface area (Å²) in [4.78, 5) is 23.0. The molecule has 106 valence electrons. The monoisotopic (exact) mass is 285 g/mol. The highest BCUT2D eigenvalue weighted by Crippen LogP contribution is 2.18. The van der Waals surface area contributed by atoms with Gasteiger partial charge in [-0.3, -0.25) is 9.59 Å². The molecule has 0 aliphatic rings. The third-order valence-corrected chi connectivity index (χ3v) is 2.98. The predicted octanol–water partition coefficient (Wildman–Crippen LogP) is 1.44. The van der Waals surface area contributed by atoms with Crippen LogP contribution in [0.4, 0.5) is 5.69 Å². The minimum atomic E-state index is -0.522. The molecule has 5 nitrogen and oxygen atoms in total. The lowest BCUT2D eigenvalue weighted by atomic mass is 10.0. The van der Waals surface area contributed by atoms with Crippen LogP contribution in [0.3, 0.4) is 0 Å². The van der Waals surface area contributed by atoms with Crippen molar-refractivity contribution in [3.05, 3.63) is 29.3 Å². The largest absolute Gasteiger partial charge is 0.366 e. The first-order valence-corrected chi connectivity index (χ1v) is 5.79. The van der Waals surface area contributed by atoms with Gasteiger partial charge >= 0.3 is 0 Å². The second-order valence-corrected chi connectivity index (χ2v) is 4.53. The van der Waals surface area contributed by atoms with Crippen LogP contribution in [0.5, 0.6) is 0 Å². The lowest BCUT2D eigenvalue weighted by Gasteiger charge is -2.16. The van der Waals surface area contributed by atoms with Crippen molar-refractivity contribution in [2.45, 2.75) is 26.8 Å². The van der Waals surface area contributed by atoms with Gasteiger partial charge in [0.15, 0.2) is 0 Å². The first-order valence-electron chi connectivity index (χ1n) is 5.79. The van der Waals surface area contributed by atoms with Crippen LogP contribution in [0.15, 0.2) is 18.2 Å². The number of hydrogen-bond acceptors (Lipinski definition) is 3. The number of nitrogens with one attached hydrogen (secondary N) is 1. The highest BCUT2D eigenvalue weighted by atomic mass is 35.5. The molecule has 0 aliphatic carbocycles. The van der Waals surface area contributed by atoms with E-state index in [0.29, 0.717) is 11.3 Å². The molecule has 0 fully saturated rings. The molecule has 2 atom stereocenters. The van der Waals surface area contributed by atoms with Crippen molar-refractivity contribution in [1.29, 1.82) is 0 Å². The van der Waals surface area contributed by atoms with Gasteiger partial charge in [-0.1, -0.05) is 13.0 Å². The molecule has 2 unspecified atom stereocenters. The Balaban J connectivity index is 0.00000324. The molecule has 19 heavy (non-hydrogen) atoms. The summed E-state index contributed by atoms with van der Waals surface area (Å²) in [6, 6.07) is 4.71. The quantitative estimate of drug-likeness (QED) is 0.780. The Morgan fingerprint density at radius 1 is 1.26 bits per heavy atom. The van der Waals surface area contributed by atoms with Crippen molar-refractivity contribution >= 4 is 29.9 Å². The Morgan fingerprint density at radius 3 is 2.32 bits per heavy atom. The van der Waals surface area contributed by atoms with Gasteiger partial charge < -0.3 is 16.8 Å². The van der Waals surface area contributed by atoms with Crippen molar-refractivity contribution in [2.24, 2.45) is 17.4 Å². The molecule has 0 spiro atoms. The number of benzene rings is 1. The summed E-state index contributed by atoms with van der Waals surface area (Å²) >= 11 is 0. The van der Waals surface area contributed by atoms with E-state index in [1.165, 1.54) is 0 Å². The van der Waals surface area contributed by atoms with Crippen LogP contribution in [0.25, 0.3) is 0 Å². The van der Waals surface area contributed by atoms with Crippen LogP contribution in [-0.4, -0.2) is 17.9 Å². The zero-order valence-corrected chi connectivity index (χ0v) is 12.1. The third kappa shape index (κ3) is 4.54. The number of amides is 2. The number of primary amides is 1. The highest BCUT2D eigenvalue weighted by Gasteiger charge is 2.18. The Bertz CT molecular complexity index is 475. The Kier molecular flexibility index (Phi) is 6.52. The molecule has 1 rings (SSSR count). The minimum absolute atomic E-state index is 0. The predicted molar refractivity (Wildman–Crippen MR) is 78.4 cm³/mol. The van der Waals surface area contributed by atoms with E-state index in [1.54, 1.807) is 32.0 Å². The maximum atomic E-state index is 11.9. The zero-order valence-electron chi connectivity index (χ0n) is 11.3. The second kappa shape index (κ2) is 7.11. The van der Waals surface area contributed by atoms with E-state index >= 15 is 0 Å². The maximum Gasteiger partial charge on any atom is 0.248 e. The SMILES string of the molecule is Cc1ccc(C(N)=O)cc1NC(=O)C(C)C(C)N.Cl. The van der Waals surface area contributed by atoms with Crippen molar-refractivity contribution < 1.29 is 9.59 Å². The molecule has 0 aromatic heterocycles. The third-order valence-electron chi connectivity index (χ3n) is 2.98. The number of aryl methyl sites for hydroxylation is 1. The van der Waals surface area contributed by atoms with Gasteiger partial charge in [0, 0.05) is 17.3 Å². The molecule has 0 aliphatic heterocycles. The molecule has 5 N–H and O–H groups in total. The van der Waals surface area contributed by atoms with E-state index in [1.807, 2.05) is 6.92 Å². The van der Waals surface area contributed by atoms with Gasteiger partial charge in [-0.05, 0) is 31.5 Å². The molecule has 6 heteroatoms. The highest BCUT2D eigenvalue weighted by molar-refractivity contribution is 5.97. The lowest BCUT2D eigenvalue weighted by molar-refractivity contribution is -0.119. The summed E-state index contributed by atoms with van der Waals surface area (Å²) in [7, 11) is 0. The van der Waals surface area contributed by atoms with E-state index in [0.717, 1.165) is 5.56 Å². The van der Waals surface area contributed by atoms with E-state index in [-0.39, 0.29) is 30.3 Å². The van der Waals surface area contributed by atoms with E-state index in [2.05, 4.69) is 5.32 Å². The van der Waals surface area contributed by atoms with Crippen molar-refractivity contribution in [2.75, 3.05) is 5.32 Å². The first kappa shape index (κ1) is 17.4. The number of halogens is 1. The Morgan fingerprint density at radius 2 is 1.84 bits per heavy atom. The smallest absolute Gasteiger partial charge is 0.248 e. The van der Waals surface area contributed by atoms with Gasteiger partial charge in [0.05, 0.1) is 5.92 Å². The number of carbonyl (C=O) groups is 2. The molecule has 0 heterocycles. The maximum absolute atomic E-state index is 11.9. The summed E-state index contributed by atoms with van der Waals surface area (Å²) in [5.41, 5.74) is 12.7. The van der Waals surface area contributed by atoms with Crippen LogP contribution in [-0.2, 0) is 4.79 Å². The molecule has 1 aromatic carbocycles. The summed E-state index contributed by atoms with van der Waals surface area (Å²) in [6.45, 7) is 5.38. The van der Waals surface area contributed by atoms with Crippen LogP contribution >= 0.6 is 12.4 Å². The average Bonchev–Trinajstić information content (AvgIpc) is 2.30. The average molecular weight is 286 g/mol. The van der Waals surface area contributed by atoms with Crippen molar-refractivity contribution in [3.63, 3.8) is 0 Å². The van der Waals surface area contributed by atoms with Gasteiger partial charge in [0.25, 0.3) is 0 Å². The molecular weight excluding hydrogens is 266 g/mol. The molecule has 0 radical (unpaired) electrons. The summed E-state index contributed by atoms with van der Waals surface area (Å²) in [5.74, 6) is -0.998.